The van der Waals surface area contributed by atoms with Gasteiger partial charge in [0.15, 0.2) is 0 Å². The first kappa shape index (κ1) is 14.2. The molecule has 0 aliphatic carbocycles. The van der Waals surface area contributed by atoms with E-state index in [2.05, 4.69) is 53.2 Å². The van der Waals surface area contributed by atoms with Crippen molar-refractivity contribution in [3.8, 4) is 0 Å². The van der Waals surface area contributed by atoms with E-state index in [1.54, 1.807) is 0 Å². The second kappa shape index (κ2) is 6.28. The molecule has 1 aromatic rings. The highest BCUT2D eigenvalue weighted by Gasteiger charge is 2.23. The summed E-state index contributed by atoms with van der Waals surface area (Å²) >= 11 is 0. The zero-order valence-corrected chi connectivity index (χ0v) is 12.5. The van der Waals surface area contributed by atoms with Gasteiger partial charge in [0, 0.05) is 18.6 Å². The lowest BCUT2D eigenvalue weighted by Crippen LogP contribution is -2.42. The first-order valence-corrected chi connectivity index (χ1v) is 7.33. The maximum absolute atomic E-state index is 4.60. The van der Waals surface area contributed by atoms with Crippen molar-refractivity contribution in [2.24, 2.45) is 0 Å². The summed E-state index contributed by atoms with van der Waals surface area (Å²) < 4.78 is 0. The average molecular weight is 263 g/mol. The zero-order valence-electron chi connectivity index (χ0n) is 12.5. The largest absolute Gasteiger partial charge is 0.350 e. The Hall–Kier alpha value is -1.23. The van der Waals surface area contributed by atoms with Crippen LogP contribution in [0.15, 0.2) is 0 Å². The molecule has 0 bridgehead atoms. The van der Waals surface area contributed by atoms with Crippen LogP contribution in [0.2, 0.25) is 0 Å². The predicted molar refractivity (Wildman–Crippen MR) is 77.3 cm³/mol. The van der Waals surface area contributed by atoms with E-state index >= 15 is 0 Å². The lowest BCUT2D eigenvalue weighted by atomic mass is 9.99. The van der Waals surface area contributed by atoms with Crippen molar-refractivity contribution >= 4 is 5.95 Å². The van der Waals surface area contributed by atoms with Gasteiger partial charge in [0.1, 0.15) is 0 Å². The Morgan fingerprint density at radius 1 is 1.21 bits per heavy atom. The Morgan fingerprint density at radius 2 is 1.95 bits per heavy atom. The minimum Gasteiger partial charge on any atom is -0.350 e. The lowest BCUT2D eigenvalue weighted by Gasteiger charge is -2.35. The summed E-state index contributed by atoms with van der Waals surface area (Å²) in [5, 5.41) is 11.9. The highest BCUT2D eigenvalue weighted by atomic mass is 15.3. The van der Waals surface area contributed by atoms with Gasteiger partial charge in [-0.15, -0.1) is 5.10 Å². The van der Waals surface area contributed by atoms with Crippen LogP contribution in [-0.4, -0.2) is 45.8 Å². The number of aryl methyl sites for hydroxylation is 2. The van der Waals surface area contributed by atoms with Crippen molar-refractivity contribution in [1.82, 2.24) is 20.1 Å². The molecule has 0 amide bonds. The number of piperidine rings is 1. The molecule has 2 rings (SSSR count). The Balaban J connectivity index is 2.03. The third-order valence-corrected chi connectivity index (χ3v) is 4.05. The van der Waals surface area contributed by atoms with E-state index < -0.39 is 0 Å². The quantitative estimate of drug-likeness (QED) is 0.899. The molecular formula is C14H25N5. The maximum atomic E-state index is 4.60. The van der Waals surface area contributed by atoms with Gasteiger partial charge in [-0.05, 0) is 39.7 Å². The van der Waals surface area contributed by atoms with Crippen LogP contribution in [-0.2, 0) is 12.8 Å². The summed E-state index contributed by atoms with van der Waals surface area (Å²) in [5.41, 5.74) is 2.09. The Labute approximate surface area is 115 Å². The lowest BCUT2D eigenvalue weighted by molar-refractivity contribution is 0.189. The third kappa shape index (κ3) is 3.41. The van der Waals surface area contributed by atoms with Gasteiger partial charge in [0.05, 0.1) is 11.4 Å². The minimum atomic E-state index is 0.463. The smallest absolute Gasteiger partial charge is 0.243 e. The normalized spacial score (nSPS) is 24.4. The van der Waals surface area contributed by atoms with Crippen molar-refractivity contribution in [2.75, 3.05) is 18.9 Å². The summed E-state index contributed by atoms with van der Waals surface area (Å²) in [5.74, 6) is 0.691. The highest BCUT2D eigenvalue weighted by Crippen LogP contribution is 2.18. The summed E-state index contributed by atoms with van der Waals surface area (Å²) in [6, 6.07) is 1.07. The van der Waals surface area contributed by atoms with E-state index in [1.807, 2.05) is 0 Å². The summed E-state index contributed by atoms with van der Waals surface area (Å²) in [6.45, 7) is 7.60. The fraction of sp³-hybridized carbons (Fsp3) is 0.786. The van der Waals surface area contributed by atoms with Crippen LogP contribution >= 0.6 is 0 Å². The third-order valence-electron chi connectivity index (χ3n) is 4.05. The van der Waals surface area contributed by atoms with E-state index in [4.69, 9.17) is 0 Å². The van der Waals surface area contributed by atoms with Crippen molar-refractivity contribution in [3.05, 3.63) is 11.4 Å². The number of aromatic nitrogens is 3. The maximum Gasteiger partial charge on any atom is 0.243 e. The van der Waals surface area contributed by atoms with Crippen LogP contribution in [0.5, 0.6) is 0 Å². The average Bonchev–Trinajstić information content (AvgIpc) is 2.43. The minimum absolute atomic E-state index is 0.463. The molecule has 2 unspecified atom stereocenters. The molecule has 5 heteroatoms. The number of hydrogen-bond acceptors (Lipinski definition) is 5. The van der Waals surface area contributed by atoms with E-state index in [1.165, 1.54) is 0 Å². The number of rotatable bonds is 4. The van der Waals surface area contributed by atoms with E-state index in [-0.39, 0.29) is 0 Å². The Morgan fingerprint density at radius 3 is 2.58 bits per heavy atom. The van der Waals surface area contributed by atoms with Gasteiger partial charge in [-0.3, -0.25) is 0 Å². The van der Waals surface area contributed by atoms with E-state index in [0.717, 1.165) is 43.6 Å². The molecule has 106 valence electrons. The fourth-order valence-electron chi connectivity index (χ4n) is 2.60. The van der Waals surface area contributed by atoms with Crippen molar-refractivity contribution in [2.45, 2.75) is 58.5 Å². The number of anilines is 1. The second-order valence-corrected chi connectivity index (χ2v) is 5.43. The van der Waals surface area contributed by atoms with Crippen molar-refractivity contribution in [1.29, 1.82) is 0 Å². The molecule has 1 N–H and O–H groups in total. The van der Waals surface area contributed by atoms with Gasteiger partial charge in [-0.2, -0.15) is 5.10 Å². The molecule has 19 heavy (non-hydrogen) atoms. The topological polar surface area (TPSA) is 53.9 Å². The van der Waals surface area contributed by atoms with Crippen LogP contribution in [0.1, 0.15) is 45.0 Å². The van der Waals surface area contributed by atoms with Gasteiger partial charge in [-0.1, -0.05) is 13.8 Å². The molecule has 1 aliphatic rings. The Bertz CT molecular complexity index is 420. The van der Waals surface area contributed by atoms with Crippen molar-refractivity contribution in [3.63, 3.8) is 0 Å². The zero-order chi connectivity index (χ0) is 13.8. The molecular weight excluding hydrogens is 238 g/mol. The molecule has 0 spiro atoms. The monoisotopic (exact) mass is 263 g/mol. The molecule has 1 aromatic heterocycles. The van der Waals surface area contributed by atoms with Crippen molar-refractivity contribution < 1.29 is 0 Å². The van der Waals surface area contributed by atoms with Crippen LogP contribution in [0.3, 0.4) is 0 Å². The number of nitrogens with zero attached hydrogens (tertiary/aromatic N) is 4. The first-order chi connectivity index (χ1) is 9.13. The number of likely N-dealkylation sites (tertiary alicyclic amines) is 1. The molecule has 1 aliphatic heterocycles. The Kier molecular flexibility index (Phi) is 4.69. The molecule has 1 saturated heterocycles. The van der Waals surface area contributed by atoms with Gasteiger partial charge >= 0.3 is 0 Å². The molecule has 1 fully saturated rings. The van der Waals surface area contributed by atoms with Gasteiger partial charge in [0.2, 0.25) is 5.95 Å². The summed E-state index contributed by atoms with van der Waals surface area (Å²) in [7, 11) is 2.18. The standard InChI is InChI=1S/C14H25N5/c1-5-12-13(6-2)17-18-14(16-12)15-11-7-8-19(4)10(3)9-11/h10-11H,5-9H2,1-4H3,(H,15,16,18). The van der Waals surface area contributed by atoms with Gasteiger partial charge in [-0.25, -0.2) is 4.98 Å². The molecule has 5 nitrogen and oxygen atoms in total. The van der Waals surface area contributed by atoms with Crippen LogP contribution in [0.25, 0.3) is 0 Å². The van der Waals surface area contributed by atoms with Crippen LogP contribution in [0, 0.1) is 0 Å². The van der Waals surface area contributed by atoms with Gasteiger partial charge in [0.25, 0.3) is 0 Å². The molecule has 2 atom stereocenters. The summed E-state index contributed by atoms with van der Waals surface area (Å²) in [6.07, 6.45) is 4.09. The molecule has 2 heterocycles. The summed E-state index contributed by atoms with van der Waals surface area (Å²) in [4.78, 5) is 7.00. The van der Waals surface area contributed by atoms with Crippen LogP contribution < -0.4 is 5.32 Å². The van der Waals surface area contributed by atoms with E-state index in [0.29, 0.717) is 18.0 Å². The second-order valence-electron chi connectivity index (χ2n) is 5.43. The fourth-order valence-corrected chi connectivity index (χ4v) is 2.60. The highest BCUT2D eigenvalue weighted by molar-refractivity contribution is 5.27. The molecule has 0 aromatic carbocycles. The molecule has 0 saturated carbocycles. The SMILES string of the molecule is CCc1nnc(NC2CCN(C)C(C)C2)nc1CC. The number of nitrogens with one attached hydrogen (secondary N) is 1. The predicted octanol–water partition coefficient (Wildman–Crippen LogP) is 1.89. The van der Waals surface area contributed by atoms with Crippen LogP contribution in [0.4, 0.5) is 5.95 Å². The molecule has 0 radical (unpaired) electrons. The van der Waals surface area contributed by atoms with E-state index in [9.17, 15) is 0 Å². The first-order valence-electron chi connectivity index (χ1n) is 7.33. The number of hydrogen-bond donors (Lipinski definition) is 1. The van der Waals surface area contributed by atoms with Gasteiger partial charge < -0.3 is 10.2 Å².